The van der Waals surface area contributed by atoms with Crippen LogP contribution in [0.25, 0.3) is 5.65 Å². The number of hydrogen-bond acceptors (Lipinski definition) is 6. The maximum absolute atomic E-state index is 13.4. The smallest absolute Gasteiger partial charge is 0.343 e. The van der Waals surface area contributed by atoms with E-state index in [1.54, 1.807) is 31.1 Å². The number of benzene rings is 1. The van der Waals surface area contributed by atoms with Crippen LogP contribution >= 0.6 is 0 Å². The van der Waals surface area contributed by atoms with Gasteiger partial charge in [0.15, 0.2) is 5.65 Å². The predicted octanol–water partition coefficient (Wildman–Crippen LogP) is 2.39. The van der Waals surface area contributed by atoms with E-state index >= 15 is 0 Å². The van der Waals surface area contributed by atoms with Gasteiger partial charge in [0.25, 0.3) is 0 Å². The standard InChI is InChI=1S/C17H17FN4O3/c1-3-25-17(24)13-9-19-22-7-6-15(20-16(13)22)21(2)10-11-8-12(18)4-5-14(11)23/h4-9,23H,3,10H2,1-2H3. The Balaban J connectivity index is 1.91. The molecule has 0 saturated heterocycles. The number of rotatable bonds is 5. The summed E-state index contributed by atoms with van der Waals surface area (Å²) in [6.45, 7) is 2.23. The van der Waals surface area contributed by atoms with Crippen molar-refractivity contribution >= 4 is 17.4 Å². The van der Waals surface area contributed by atoms with Gasteiger partial charge in [-0.2, -0.15) is 5.10 Å². The highest BCUT2D eigenvalue weighted by atomic mass is 19.1. The van der Waals surface area contributed by atoms with E-state index in [4.69, 9.17) is 4.74 Å². The quantitative estimate of drug-likeness (QED) is 0.716. The van der Waals surface area contributed by atoms with Gasteiger partial charge in [0.05, 0.1) is 12.8 Å². The van der Waals surface area contributed by atoms with Crippen LogP contribution in [0.15, 0.2) is 36.7 Å². The van der Waals surface area contributed by atoms with Crippen molar-refractivity contribution in [2.45, 2.75) is 13.5 Å². The molecule has 0 radical (unpaired) electrons. The summed E-state index contributed by atoms with van der Waals surface area (Å²) in [5.74, 6) is -0.370. The summed E-state index contributed by atoms with van der Waals surface area (Å²) in [4.78, 5) is 18.1. The Kier molecular flexibility index (Phi) is 4.51. The molecule has 7 nitrogen and oxygen atoms in total. The van der Waals surface area contributed by atoms with Crippen LogP contribution in [0.2, 0.25) is 0 Å². The normalized spacial score (nSPS) is 10.8. The summed E-state index contributed by atoms with van der Waals surface area (Å²) in [6, 6.07) is 5.49. The van der Waals surface area contributed by atoms with Crippen molar-refractivity contribution in [3.05, 3.63) is 53.6 Å². The van der Waals surface area contributed by atoms with Crippen molar-refractivity contribution in [3.63, 3.8) is 0 Å². The summed E-state index contributed by atoms with van der Waals surface area (Å²) in [7, 11) is 1.75. The van der Waals surface area contributed by atoms with E-state index in [9.17, 15) is 14.3 Å². The van der Waals surface area contributed by atoms with E-state index in [-0.39, 0.29) is 24.5 Å². The molecule has 25 heavy (non-hydrogen) atoms. The molecule has 130 valence electrons. The lowest BCUT2D eigenvalue weighted by Crippen LogP contribution is -2.18. The summed E-state index contributed by atoms with van der Waals surface area (Å²) < 4.78 is 19.8. The zero-order chi connectivity index (χ0) is 18.0. The first-order chi connectivity index (χ1) is 12.0. The summed E-state index contributed by atoms with van der Waals surface area (Å²) in [5.41, 5.74) is 1.07. The molecule has 2 aromatic heterocycles. The van der Waals surface area contributed by atoms with Crippen molar-refractivity contribution < 1.29 is 19.0 Å². The van der Waals surface area contributed by atoms with Gasteiger partial charge in [0.1, 0.15) is 22.9 Å². The third kappa shape index (κ3) is 3.37. The number of fused-ring (bicyclic) bond motifs is 1. The average Bonchev–Trinajstić information content (AvgIpc) is 3.01. The number of phenolic OH excluding ortho intramolecular Hbond substituents is 1. The van der Waals surface area contributed by atoms with E-state index in [2.05, 4.69) is 10.1 Å². The van der Waals surface area contributed by atoms with Crippen LogP contribution in [-0.4, -0.2) is 39.3 Å². The zero-order valence-electron chi connectivity index (χ0n) is 13.8. The second-order valence-electron chi connectivity index (χ2n) is 5.46. The fourth-order valence-corrected chi connectivity index (χ4v) is 2.44. The van der Waals surface area contributed by atoms with Crippen molar-refractivity contribution in [2.24, 2.45) is 0 Å². The Morgan fingerprint density at radius 1 is 1.40 bits per heavy atom. The molecule has 0 aliphatic heterocycles. The molecule has 0 bridgehead atoms. The molecular formula is C17H17FN4O3. The molecular weight excluding hydrogens is 327 g/mol. The van der Waals surface area contributed by atoms with E-state index in [1.165, 1.54) is 28.9 Å². The van der Waals surface area contributed by atoms with E-state index < -0.39 is 11.8 Å². The van der Waals surface area contributed by atoms with Crippen LogP contribution in [0.3, 0.4) is 0 Å². The number of carbonyl (C=O) groups excluding carboxylic acids is 1. The lowest BCUT2D eigenvalue weighted by molar-refractivity contribution is 0.0528. The molecule has 3 rings (SSSR count). The maximum Gasteiger partial charge on any atom is 0.343 e. The van der Waals surface area contributed by atoms with Crippen molar-refractivity contribution in [3.8, 4) is 5.75 Å². The van der Waals surface area contributed by atoms with Crippen molar-refractivity contribution in [2.75, 3.05) is 18.6 Å². The number of aromatic hydroxyl groups is 1. The molecule has 0 spiro atoms. The number of esters is 1. The van der Waals surface area contributed by atoms with Gasteiger partial charge in [-0.1, -0.05) is 0 Å². The molecule has 0 aliphatic rings. The average molecular weight is 344 g/mol. The van der Waals surface area contributed by atoms with Gasteiger partial charge in [-0.3, -0.25) is 0 Å². The third-order valence-corrected chi connectivity index (χ3v) is 3.69. The van der Waals surface area contributed by atoms with E-state index in [0.717, 1.165) is 0 Å². The number of aromatic nitrogens is 3. The number of ether oxygens (including phenoxy) is 1. The van der Waals surface area contributed by atoms with Crippen molar-refractivity contribution in [1.82, 2.24) is 14.6 Å². The molecule has 8 heteroatoms. The Bertz CT molecular complexity index is 925. The number of nitrogens with zero attached hydrogens (tertiary/aromatic N) is 4. The number of anilines is 1. The third-order valence-electron chi connectivity index (χ3n) is 3.69. The molecule has 0 unspecified atom stereocenters. The molecule has 1 N–H and O–H groups in total. The fraction of sp³-hybridized carbons (Fsp3) is 0.235. The number of phenols is 1. The van der Waals surface area contributed by atoms with Gasteiger partial charge in [-0.05, 0) is 31.2 Å². The molecule has 0 saturated carbocycles. The van der Waals surface area contributed by atoms with Crippen LogP contribution in [-0.2, 0) is 11.3 Å². The lowest BCUT2D eigenvalue weighted by Gasteiger charge is -2.19. The zero-order valence-corrected chi connectivity index (χ0v) is 13.8. The Labute approximate surface area is 143 Å². The van der Waals surface area contributed by atoms with Crippen LogP contribution in [0.5, 0.6) is 5.75 Å². The molecule has 3 aromatic rings. The Morgan fingerprint density at radius 2 is 2.20 bits per heavy atom. The maximum atomic E-state index is 13.4. The van der Waals surface area contributed by atoms with Gasteiger partial charge >= 0.3 is 5.97 Å². The van der Waals surface area contributed by atoms with E-state index in [0.29, 0.717) is 17.0 Å². The first-order valence-corrected chi connectivity index (χ1v) is 7.69. The number of hydrogen-bond donors (Lipinski definition) is 1. The largest absolute Gasteiger partial charge is 0.508 e. The molecule has 0 atom stereocenters. The summed E-state index contributed by atoms with van der Waals surface area (Å²) in [6.07, 6.45) is 3.07. The van der Waals surface area contributed by atoms with Gasteiger partial charge in [0, 0.05) is 25.4 Å². The highest BCUT2D eigenvalue weighted by Gasteiger charge is 2.17. The molecule has 1 aromatic carbocycles. The minimum atomic E-state index is -0.493. The van der Waals surface area contributed by atoms with Crippen LogP contribution < -0.4 is 4.90 Å². The SMILES string of the molecule is CCOC(=O)c1cnn2ccc(N(C)Cc3cc(F)ccc3O)nc12. The molecule has 0 amide bonds. The first-order valence-electron chi connectivity index (χ1n) is 7.69. The second kappa shape index (κ2) is 6.76. The molecule has 2 heterocycles. The van der Waals surface area contributed by atoms with Gasteiger partial charge in [-0.25, -0.2) is 18.7 Å². The summed E-state index contributed by atoms with van der Waals surface area (Å²) >= 11 is 0. The molecule has 0 aliphatic carbocycles. The minimum absolute atomic E-state index is 0.00546. The van der Waals surface area contributed by atoms with Gasteiger partial charge in [-0.15, -0.1) is 0 Å². The molecule has 0 fully saturated rings. The highest BCUT2D eigenvalue weighted by molar-refractivity contribution is 5.95. The predicted molar refractivity (Wildman–Crippen MR) is 89.1 cm³/mol. The lowest BCUT2D eigenvalue weighted by atomic mass is 10.2. The number of carbonyl (C=O) groups is 1. The van der Waals surface area contributed by atoms with Crippen LogP contribution in [0.1, 0.15) is 22.8 Å². The van der Waals surface area contributed by atoms with Gasteiger partial charge in [0.2, 0.25) is 0 Å². The number of halogens is 1. The summed E-state index contributed by atoms with van der Waals surface area (Å²) in [5, 5.41) is 13.9. The fourth-order valence-electron chi connectivity index (χ4n) is 2.44. The van der Waals surface area contributed by atoms with Gasteiger partial charge < -0.3 is 14.7 Å². The topological polar surface area (TPSA) is 80.0 Å². The monoisotopic (exact) mass is 344 g/mol. The Hall–Kier alpha value is -3.16. The second-order valence-corrected chi connectivity index (χ2v) is 5.46. The van der Waals surface area contributed by atoms with E-state index in [1.807, 2.05) is 0 Å². The highest BCUT2D eigenvalue weighted by Crippen LogP contribution is 2.22. The van der Waals surface area contributed by atoms with Crippen molar-refractivity contribution in [1.29, 1.82) is 0 Å². The van der Waals surface area contributed by atoms with Crippen LogP contribution in [0.4, 0.5) is 10.2 Å². The minimum Gasteiger partial charge on any atom is -0.508 e. The van der Waals surface area contributed by atoms with Crippen LogP contribution in [0, 0.1) is 5.82 Å². The first kappa shape index (κ1) is 16.7. The Morgan fingerprint density at radius 3 is 2.96 bits per heavy atom.